The number of aromatic amines is 1. The van der Waals surface area contributed by atoms with E-state index >= 15 is 9.59 Å². The van der Waals surface area contributed by atoms with Crippen LogP contribution in [0.4, 0.5) is 5.69 Å². The van der Waals surface area contributed by atoms with Crippen molar-refractivity contribution in [3.05, 3.63) is 162 Å². The second-order valence-corrected chi connectivity index (χ2v) is 13.8. The van der Waals surface area contributed by atoms with Gasteiger partial charge in [0.2, 0.25) is 11.8 Å². The summed E-state index contributed by atoms with van der Waals surface area (Å²) in [5.74, 6) is -1.85. The first-order valence-electron chi connectivity index (χ1n) is 18.0. The number of rotatable bonds is 9. The lowest BCUT2D eigenvalue weighted by Gasteiger charge is -2.46. The number of ether oxygens (including phenoxy) is 2. The smallest absolute Gasteiger partial charge is 0.324 e. The van der Waals surface area contributed by atoms with Crippen molar-refractivity contribution in [2.45, 2.75) is 36.2 Å². The van der Waals surface area contributed by atoms with Crippen LogP contribution in [-0.4, -0.2) is 57.0 Å². The molecule has 0 radical (unpaired) electrons. The van der Waals surface area contributed by atoms with E-state index in [1.54, 1.807) is 6.07 Å². The molecule has 2 saturated heterocycles. The number of amides is 2. The maximum atomic E-state index is 15.1. The number of aromatic nitrogens is 2. The number of fused-ring (bicyclic) bond motifs is 4. The summed E-state index contributed by atoms with van der Waals surface area (Å²) < 4.78 is 12.6. The molecule has 2 fully saturated rings. The van der Waals surface area contributed by atoms with Gasteiger partial charge in [0.15, 0.2) is 0 Å². The fourth-order valence-corrected chi connectivity index (χ4v) is 8.89. The van der Waals surface area contributed by atoms with Crippen LogP contribution in [0.15, 0.2) is 133 Å². The Hall–Kier alpha value is -6.30. The fraction of sp³-hybridized carbons (Fsp3) is 0.209. The van der Waals surface area contributed by atoms with E-state index < -0.39 is 53.3 Å². The van der Waals surface area contributed by atoms with Crippen molar-refractivity contribution >= 4 is 34.5 Å². The number of carbonyl (C=O) groups is 3. The molecule has 3 aliphatic rings. The van der Waals surface area contributed by atoms with Crippen LogP contribution in [-0.2, 0) is 31.1 Å². The molecule has 5 aromatic carbocycles. The normalized spacial score (nSPS) is 24.5. The largest absolute Gasteiger partial charge is 0.491 e. The van der Waals surface area contributed by atoms with Crippen LogP contribution >= 0.6 is 0 Å². The second kappa shape index (κ2) is 13.6. The van der Waals surface area contributed by atoms with Crippen molar-refractivity contribution in [1.82, 2.24) is 20.2 Å². The van der Waals surface area contributed by atoms with E-state index in [0.717, 1.165) is 22.2 Å². The van der Waals surface area contributed by atoms with Gasteiger partial charge in [0.05, 0.1) is 42.2 Å². The standard InChI is InChI=1S/C43H37N5O6/c49-23-24-53-33-22-12-7-17-28(33)39-43(29-18-8-9-19-30(29)47-42(43)52)35(40(50)44-25-34-45-31-20-10-11-21-32(31)46-34)37-41(51)54-38(27-15-5-2-6-16-27)36(48(37)39)26-13-3-1-4-14-26/h1-22,35-39,49H,23-25H2,(H,44,50)(H,45,46)(H,47,52). The van der Waals surface area contributed by atoms with Gasteiger partial charge in [-0.05, 0) is 41.0 Å². The highest BCUT2D eigenvalue weighted by Crippen LogP contribution is 2.65. The summed E-state index contributed by atoms with van der Waals surface area (Å²) in [4.78, 5) is 55.1. The Morgan fingerprint density at radius 1 is 0.833 bits per heavy atom. The Morgan fingerprint density at radius 2 is 1.52 bits per heavy atom. The van der Waals surface area contributed by atoms with Gasteiger partial charge in [-0.25, -0.2) is 4.98 Å². The maximum Gasteiger partial charge on any atom is 0.324 e. The first kappa shape index (κ1) is 33.5. The molecule has 6 atom stereocenters. The number of cyclic esters (lactones) is 1. The number of nitrogens with zero attached hydrogens (tertiary/aromatic N) is 2. The van der Waals surface area contributed by atoms with Crippen LogP contribution < -0.4 is 15.4 Å². The SMILES string of the molecule is O=C1OC(c2ccccc2)C(c2ccccc2)N2C1C(C(=O)NCc1nc3ccccc3[nH]1)C1(C(=O)Nc3ccccc31)C2c1ccccc1OCCO. The number of hydrogen-bond acceptors (Lipinski definition) is 8. The summed E-state index contributed by atoms with van der Waals surface area (Å²) in [6.45, 7) is -0.205. The van der Waals surface area contributed by atoms with Crippen molar-refractivity contribution in [3.8, 4) is 5.75 Å². The number of hydrogen-bond donors (Lipinski definition) is 4. The third-order valence-corrected chi connectivity index (χ3v) is 10.9. The molecule has 54 heavy (non-hydrogen) atoms. The van der Waals surface area contributed by atoms with Gasteiger partial charge >= 0.3 is 5.97 Å². The molecule has 1 spiro atoms. The minimum atomic E-state index is -1.64. The first-order valence-corrected chi connectivity index (χ1v) is 18.0. The predicted octanol–water partition coefficient (Wildman–Crippen LogP) is 5.52. The predicted molar refractivity (Wildman–Crippen MR) is 200 cm³/mol. The minimum Gasteiger partial charge on any atom is -0.491 e. The van der Waals surface area contributed by atoms with Gasteiger partial charge in [0, 0.05) is 11.3 Å². The zero-order chi connectivity index (χ0) is 36.8. The third kappa shape index (κ3) is 5.26. The molecule has 270 valence electrons. The lowest BCUT2D eigenvalue weighted by molar-refractivity contribution is -0.178. The van der Waals surface area contributed by atoms with Crippen molar-refractivity contribution in [3.63, 3.8) is 0 Å². The first-order chi connectivity index (χ1) is 26.5. The second-order valence-electron chi connectivity index (χ2n) is 13.8. The number of esters is 1. The zero-order valence-corrected chi connectivity index (χ0v) is 29.1. The van der Waals surface area contributed by atoms with E-state index in [1.807, 2.05) is 132 Å². The van der Waals surface area contributed by atoms with Crippen LogP contribution in [0.2, 0.25) is 0 Å². The van der Waals surface area contributed by atoms with Crippen LogP contribution in [0.3, 0.4) is 0 Å². The van der Waals surface area contributed by atoms with Gasteiger partial charge in [-0.15, -0.1) is 0 Å². The number of para-hydroxylation sites is 4. The minimum absolute atomic E-state index is 0.00115. The van der Waals surface area contributed by atoms with E-state index in [2.05, 4.69) is 20.6 Å². The van der Waals surface area contributed by atoms with Crippen molar-refractivity contribution in [1.29, 1.82) is 0 Å². The van der Waals surface area contributed by atoms with Crippen molar-refractivity contribution < 1.29 is 29.0 Å². The molecule has 0 saturated carbocycles. The zero-order valence-electron chi connectivity index (χ0n) is 29.1. The van der Waals surface area contributed by atoms with Crippen molar-refractivity contribution in [2.75, 3.05) is 18.5 Å². The Kier molecular flexibility index (Phi) is 8.44. The average Bonchev–Trinajstić information content (AvgIpc) is 3.87. The monoisotopic (exact) mass is 719 g/mol. The number of anilines is 1. The number of benzene rings is 5. The van der Waals surface area contributed by atoms with E-state index in [1.165, 1.54) is 0 Å². The van der Waals surface area contributed by atoms with Crippen LogP contribution in [0.25, 0.3) is 11.0 Å². The Labute approximate surface area is 310 Å². The number of morpholine rings is 1. The van der Waals surface area contributed by atoms with Gasteiger partial charge in [0.25, 0.3) is 0 Å². The Morgan fingerprint density at radius 3 is 2.30 bits per heavy atom. The highest BCUT2D eigenvalue weighted by atomic mass is 16.6. The van der Waals surface area contributed by atoms with Crippen LogP contribution in [0.1, 0.15) is 46.3 Å². The van der Waals surface area contributed by atoms with E-state index in [9.17, 15) is 9.90 Å². The number of aliphatic hydroxyl groups is 1. The number of nitrogens with one attached hydrogen (secondary N) is 3. The molecule has 6 unspecified atom stereocenters. The molecule has 4 heterocycles. The van der Waals surface area contributed by atoms with E-state index in [0.29, 0.717) is 28.4 Å². The van der Waals surface area contributed by atoms with E-state index in [-0.39, 0.29) is 19.8 Å². The molecule has 0 aliphatic carbocycles. The van der Waals surface area contributed by atoms with Crippen molar-refractivity contribution in [2.24, 2.45) is 5.92 Å². The number of H-pyrrole nitrogens is 1. The van der Waals surface area contributed by atoms with Gasteiger partial charge in [-0.1, -0.05) is 109 Å². The Bertz CT molecular complexity index is 2330. The summed E-state index contributed by atoms with van der Waals surface area (Å²) in [6.07, 6.45) is -0.792. The number of imidazole rings is 1. The molecule has 11 nitrogen and oxygen atoms in total. The molecule has 11 heteroatoms. The van der Waals surface area contributed by atoms with Gasteiger partial charge in [0.1, 0.15) is 35.7 Å². The molecular formula is C43H37N5O6. The molecule has 3 aliphatic heterocycles. The van der Waals surface area contributed by atoms with Gasteiger partial charge in [-0.3, -0.25) is 19.3 Å². The third-order valence-electron chi connectivity index (χ3n) is 10.9. The molecular weight excluding hydrogens is 683 g/mol. The summed E-state index contributed by atoms with van der Waals surface area (Å²) in [6, 6.07) is 38.7. The molecule has 6 aromatic rings. The Balaban J connectivity index is 1.29. The number of aliphatic hydroxyl groups excluding tert-OH is 1. The quantitative estimate of drug-likeness (QED) is 0.143. The summed E-state index contributed by atoms with van der Waals surface area (Å²) >= 11 is 0. The van der Waals surface area contributed by atoms with Gasteiger partial charge < -0.3 is 30.2 Å². The molecule has 4 N–H and O–H groups in total. The topological polar surface area (TPSA) is 146 Å². The average molecular weight is 720 g/mol. The molecule has 0 bridgehead atoms. The molecule has 9 rings (SSSR count). The van der Waals surface area contributed by atoms with Crippen LogP contribution in [0.5, 0.6) is 5.75 Å². The summed E-state index contributed by atoms with van der Waals surface area (Å²) in [7, 11) is 0. The van der Waals surface area contributed by atoms with E-state index in [4.69, 9.17) is 9.47 Å². The van der Waals surface area contributed by atoms with Gasteiger partial charge in [-0.2, -0.15) is 0 Å². The fourth-order valence-electron chi connectivity index (χ4n) is 8.89. The lowest BCUT2D eigenvalue weighted by Crippen LogP contribution is -2.54. The molecule has 1 aromatic heterocycles. The highest BCUT2D eigenvalue weighted by molar-refractivity contribution is 6.12. The summed E-state index contributed by atoms with van der Waals surface area (Å²) in [5.41, 5.74) is 3.28. The number of carbonyl (C=O) groups excluding carboxylic acids is 3. The van der Waals surface area contributed by atoms with Crippen LogP contribution in [0, 0.1) is 5.92 Å². The lowest BCUT2D eigenvalue weighted by atomic mass is 9.65. The highest BCUT2D eigenvalue weighted by Gasteiger charge is 2.74. The summed E-state index contributed by atoms with van der Waals surface area (Å²) in [5, 5.41) is 16.0. The molecule has 2 amide bonds. The maximum absolute atomic E-state index is 15.1.